The number of carbonyl (C=O) groups is 1. The molecule has 98 valence electrons. The van der Waals surface area contributed by atoms with Crippen LogP contribution in [-0.2, 0) is 6.42 Å². The van der Waals surface area contributed by atoms with Crippen molar-refractivity contribution in [3.8, 4) is 0 Å². The van der Waals surface area contributed by atoms with Crippen molar-refractivity contribution in [2.24, 2.45) is 0 Å². The van der Waals surface area contributed by atoms with Gasteiger partial charge in [0.05, 0.1) is 0 Å². The van der Waals surface area contributed by atoms with E-state index in [9.17, 15) is 4.79 Å². The smallest absolute Gasteiger partial charge is 0.163 e. The van der Waals surface area contributed by atoms with E-state index in [2.05, 4.69) is 30.3 Å². The van der Waals surface area contributed by atoms with Gasteiger partial charge in [-0.3, -0.25) is 4.79 Å². The minimum atomic E-state index is 0.207. The number of Topliss-reactive ketones (excluding diaryl/α,β-unsaturated/α-hetero) is 1. The van der Waals surface area contributed by atoms with Crippen LogP contribution in [-0.4, -0.2) is 5.78 Å². The summed E-state index contributed by atoms with van der Waals surface area (Å²) in [5.41, 5.74) is 2.04. The fraction of sp³-hybridized carbons (Fsp3) is 0.105. The van der Waals surface area contributed by atoms with Crippen molar-refractivity contribution in [2.75, 3.05) is 0 Å². The van der Waals surface area contributed by atoms with Gasteiger partial charge in [-0.05, 0) is 22.8 Å². The van der Waals surface area contributed by atoms with Crippen molar-refractivity contribution in [2.45, 2.75) is 12.8 Å². The van der Waals surface area contributed by atoms with Crippen LogP contribution in [0.25, 0.3) is 10.8 Å². The van der Waals surface area contributed by atoms with Gasteiger partial charge in [-0.15, -0.1) is 0 Å². The molecule has 0 saturated heterocycles. The van der Waals surface area contributed by atoms with Crippen molar-refractivity contribution in [3.05, 3.63) is 83.9 Å². The van der Waals surface area contributed by atoms with Gasteiger partial charge < -0.3 is 0 Å². The van der Waals surface area contributed by atoms with Gasteiger partial charge in [-0.25, -0.2) is 0 Å². The van der Waals surface area contributed by atoms with Gasteiger partial charge in [0, 0.05) is 12.0 Å². The molecule has 3 rings (SSSR count). The lowest BCUT2D eigenvalue weighted by Gasteiger charge is -2.06. The second kappa shape index (κ2) is 5.70. The van der Waals surface area contributed by atoms with E-state index in [1.54, 1.807) is 0 Å². The highest BCUT2D eigenvalue weighted by Crippen LogP contribution is 2.20. The van der Waals surface area contributed by atoms with Crippen LogP contribution in [0.4, 0.5) is 0 Å². The minimum absolute atomic E-state index is 0.207. The van der Waals surface area contributed by atoms with Gasteiger partial charge in [0.2, 0.25) is 0 Å². The van der Waals surface area contributed by atoms with Crippen LogP contribution in [0.1, 0.15) is 22.3 Å². The zero-order chi connectivity index (χ0) is 13.8. The fourth-order valence-corrected chi connectivity index (χ4v) is 2.53. The van der Waals surface area contributed by atoms with Gasteiger partial charge in [-0.2, -0.15) is 0 Å². The molecule has 0 aromatic heterocycles. The first kappa shape index (κ1) is 12.6. The second-order valence-corrected chi connectivity index (χ2v) is 4.93. The molecule has 0 atom stereocenters. The largest absolute Gasteiger partial charge is 0.294 e. The van der Waals surface area contributed by atoms with Crippen LogP contribution in [0.2, 0.25) is 0 Å². The molecule has 0 bridgehead atoms. The lowest BCUT2D eigenvalue weighted by atomic mass is 9.98. The van der Waals surface area contributed by atoms with Crippen molar-refractivity contribution in [1.82, 2.24) is 0 Å². The van der Waals surface area contributed by atoms with E-state index in [0.717, 1.165) is 12.0 Å². The van der Waals surface area contributed by atoms with Crippen LogP contribution in [0, 0.1) is 0 Å². The summed E-state index contributed by atoms with van der Waals surface area (Å²) in [4.78, 5) is 12.2. The third kappa shape index (κ3) is 2.62. The average Bonchev–Trinajstić information content (AvgIpc) is 2.53. The Balaban J connectivity index is 1.79. The van der Waals surface area contributed by atoms with Crippen LogP contribution in [0.3, 0.4) is 0 Å². The predicted octanol–water partition coefficient (Wildman–Crippen LogP) is 4.66. The molecule has 0 amide bonds. The van der Waals surface area contributed by atoms with Crippen molar-refractivity contribution < 1.29 is 4.79 Å². The summed E-state index contributed by atoms with van der Waals surface area (Å²) in [5, 5.41) is 2.48. The molecule has 0 aliphatic carbocycles. The maximum absolute atomic E-state index is 12.2. The van der Waals surface area contributed by atoms with Crippen LogP contribution in [0.5, 0.6) is 0 Å². The molecular formula is C19H16O. The maximum atomic E-state index is 12.2. The highest BCUT2D eigenvalue weighted by Gasteiger charge is 2.07. The number of aryl methyl sites for hydroxylation is 1. The number of hydrogen-bond donors (Lipinski definition) is 0. The molecule has 0 aliphatic heterocycles. The van der Waals surface area contributed by atoms with E-state index < -0.39 is 0 Å². The van der Waals surface area contributed by atoms with Crippen molar-refractivity contribution in [3.63, 3.8) is 0 Å². The quantitative estimate of drug-likeness (QED) is 0.624. The SMILES string of the molecule is O=C(CCc1cccc2ccccc12)c1ccccc1. The Hall–Kier alpha value is -2.41. The highest BCUT2D eigenvalue weighted by atomic mass is 16.1. The topological polar surface area (TPSA) is 17.1 Å². The summed E-state index contributed by atoms with van der Waals surface area (Å²) >= 11 is 0. The van der Waals surface area contributed by atoms with Gasteiger partial charge in [0.25, 0.3) is 0 Å². The molecule has 0 radical (unpaired) electrons. The molecule has 0 N–H and O–H groups in total. The summed E-state index contributed by atoms with van der Waals surface area (Å²) in [6, 6.07) is 24.1. The number of ketones is 1. The molecule has 0 fully saturated rings. The molecular weight excluding hydrogens is 244 g/mol. The lowest BCUT2D eigenvalue weighted by molar-refractivity contribution is 0.0983. The molecule has 3 aromatic carbocycles. The maximum Gasteiger partial charge on any atom is 0.163 e. The Bertz CT molecular complexity index is 724. The normalized spacial score (nSPS) is 10.6. The second-order valence-electron chi connectivity index (χ2n) is 4.93. The van der Waals surface area contributed by atoms with Gasteiger partial charge in [-0.1, -0.05) is 72.8 Å². The Morgan fingerprint density at radius 2 is 1.45 bits per heavy atom. The third-order valence-corrected chi connectivity index (χ3v) is 3.60. The number of fused-ring (bicyclic) bond motifs is 1. The van der Waals surface area contributed by atoms with Crippen molar-refractivity contribution in [1.29, 1.82) is 0 Å². The predicted molar refractivity (Wildman–Crippen MR) is 83.0 cm³/mol. The Kier molecular flexibility index (Phi) is 3.60. The summed E-state index contributed by atoms with van der Waals surface area (Å²) in [5.74, 6) is 0.207. The number of carbonyl (C=O) groups excluding carboxylic acids is 1. The lowest BCUT2D eigenvalue weighted by Crippen LogP contribution is -2.01. The summed E-state index contributed by atoms with van der Waals surface area (Å²) in [7, 11) is 0. The first-order chi connectivity index (χ1) is 9.84. The Morgan fingerprint density at radius 3 is 2.30 bits per heavy atom. The Labute approximate surface area is 118 Å². The molecule has 1 nitrogen and oxygen atoms in total. The van der Waals surface area contributed by atoms with Gasteiger partial charge >= 0.3 is 0 Å². The van der Waals surface area contributed by atoms with Crippen molar-refractivity contribution >= 4 is 16.6 Å². The fourth-order valence-electron chi connectivity index (χ4n) is 2.53. The molecule has 0 spiro atoms. The molecule has 0 heterocycles. The highest BCUT2D eigenvalue weighted by molar-refractivity contribution is 5.96. The van der Waals surface area contributed by atoms with Crippen LogP contribution < -0.4 is 0 Å². The van der Waals surface area contributed by atoms with Crippen LogP contribution in [0.15, 0.2) is 72.8 Å². The summed E-state index contributed by atoms with van der Waals surface area (Å²) in [6.07, 6.45) is 1.34. The van der Waals surface area contributed by atoms with E-state index in [4.69, 9.17) is 0 Å². The molecule has 1 heteroatoms. The molecule has 20 heavy (non-hydrogen) atoms. The van der Waals surface area contributed by atoms with Gasteiger partial charge in [0.1, 0.15) is 0 Å². The number of hydrogen-bond acceptors (Lipinski definition) is 1. The van der Waals surface area contributed by atoms with E-state index >= 15 is 0 Å². The molecule has 0 aliphatic rings. The van der Waals surface area contributed by atoms with Gasteiger partial charge in [0.15, 0.2) is 5.78 Å². The Morgan fingerprint density at radius 1 is 0.750 bits per heavy atom. The standard InChI is InChI=1S/C19H16O/c20-19(17-8-2-1-3-9-17)14-13-16-11-6-10-15-7-4-5-12-18(15)16/h1-12H,13-14H2. The van der Waals surface area contributed by atoms with E-state index in [1.165, 1.54) is 16.3 Å². The minimum Gasteiger partial charge on any atom is -0.294 e. The monoisotopic (exact) mass is 260 g/mol. The van der Waals surface area contributed by atoms with E-state index in [0.29, 0.717) is 6.42 Å². The van der Waals surface area contributed by atoms with E-state index in [-0.39, 0.29) is 5.78 Å². The molecule has 0 saturated carbocycles. The average molecular weight is 260 g/mol. The van der Waals surface area contributed by atoms with E-state index in [1.807, 2.05) is 42.5 Å². The first-order valence-corrected chi connectivity index (χ1v) is 6.89. The van der Waals surface area contributed by atoms with Crippen LogP contribution >= 0.6 is 0 Å². The first-order valence-electron chi connectivity index (χ1n) is 6.89. The number of rotatable bonds is 4. The zero-order valence-corrected chi connectivity index (χ0v) is 11.3. The molecule has 3 aromatic rings. The summed E-state index contributed by atoms with van der Waals surface area (Å²) in [6.45, 7) is 0. The molecule has 0 unspecified atom stereocenters. The number of benzene rings is 3. The summed E-state index contributed by atoms with van der Waals surface area (Å²) < 4.78 is 0. The third-order valence-electron chi connectivity index (χ3n) is 3.60. The zero-order valence-electron chi connectivity index (χ0n) is 11.3.